The number of benzene rings is 2. The van der Waals surface area contributed by atoms with Crippen LogP contribution in [0.15, 0.2) is 42.5 Å². The van der Waals surface area contributed by atoms with Crippen molar-refractivity contribution >= 4 is 46.6 Å². The Balaban J connectivity index is 2.20. The smallest absolute Gasteiger partial charge is 0.253 e. The Kier molecular flexibility index (Phi) is 8.26. The van der Waals surface area contributed by atoms with E-state index in [1.54, 1.807) is 36.4 Å². The van der Waals surface area contributed by atoms with Crippen molar-refractivity contribution in [2.24, 2.45) is 5.92 Å². The number of hydrogen-bond acceptors (Lipinski definition) is 3. The predicted octanol–water partition coefficient (Wildman–Crippen LogP) is 4.52. The van der Waals surface area contributed by atoms with Crippen molar-refractivity contribution in [2.75, 3.05) is 5.32 Å². The van der Waals surface area contributed by atoms with E-state index < -0.39 is 17.9 Å². The van der Waals surface area contributed by atoms with Gasteiger partial charge in [-0.05, 0) is 50.1 Å². The summed E-state index contributed by atoms with van der Waals surface area (Å²) in [5, 5.41) is 8.80. The molecule has 0 bridgehead atoms. The second-order valence-corrected chi connectivity index (χ2v) is 8.30. The van der Waals surface area contributed by atoms with Gasteiger partial charge in [0.1, 0.15) is 6.04 Å². The molecule has 0 saturated heterocycles. The number of nitrogens with one attached hydrogen (secondary N) is 3. The lowest BCUT2D eigenvalue weighted by molar-refractivity contribution is -0.118. The number of rotatable bonds is 7. The normalized spacial score (nSPS) is 11.9. The summed E-state index contributed by atoms with van der Waals surface area (Å²) in [5.41, 5.74) is 0.934. The Morgan fingerprint density at radius 3 is 2.10 bits per heavy atom. The summed E-state index contributed by atoms with van der Waals surface area (Å²) in [7, 11) is 0. The minimum Gasteiger partial charge on any atom is -0.350 e. The standard InChI is InChI=1S/C22H25Cl2N3O3/c1-12(2)19(27-21(29)15-7-5-6-8-16(15)23)22(30)26-18-11-14(9-10-17(18)24)20(28)25-13(3)4/h5-13,19H,1-4H3,(H,25,28)(H,26,30)(H,27,29). The number of halogens is 2. The third-order valence-electron chi connectivity index (χ3n) is 4.26. The molecule has 0 saturated carbocycles. The number of carbonyl (C=O) groups excluding carboxylic acids is 3. The first-order valence-corrected chi connectivity index (χ1v) is 10.3. The van der Waals surface area contributed by atoms with Crippen LogP contribution in [0.4, 0.5) is 5.69 Å². The SMILES string of the molecule is CC(C)NC(=O)c1ccc(Cl)c(NC(=O)C(NC(=O)c2ccccc2Cl)C(C)C)c1. The Morgan fingerprint density at radius 1 is 0.833 bits per heavy atom. The second-order valence-electron chi connectivity index (χ2n) is 7.49. The van der Waals surface area contributed by atoms with Gasteiger partial charge in [-0.2, -0.15) is 0 Å². The number of carbonyl (C=O) groups is 3. The van der Waals surface area contributed by atoms with E-state index in [1.807, 2.05) is 27.7 Å². The molecule has 2 aromatic carbocycles. The number of anilines is 1. The van der Waals surface area contributed by atoms with Gasteiger partial charge in [0.05, 0.1) is 21.3 Å². The Bertz CT molecular complexity index is 945. The second kappa shape index (κ2) is 10.5. The molecular formula is C22H25Cl2N3O3. The topological polar surface area (TPSA) is 87.3 Å². The Morgan fingerprint density at radius 2 is 1.50 bits per heavy atom. The molecule has 2 aromatic rings. The average molecular weight is 450 g/mol. The van der Waals surface area contributed by atoms with Crippen LogP contribution in [0.5, 0.6) is 0 Å². The van der Waals surface area contributed by atoms with Crippen molar-refractivity contribution < 1.29 is 14.4 Å². The van der Waals surface area contributed by atoms with Crippen molar-refractivity contribution in [3.8, 4) is 0 Å². The Labute approximate surface area is 186 Å². The zero-order valence-electron chi connectivity index (χ0n) is 17.3. The quantitative estimate of drug-likeness (QED) is 0.580. The summed E-state index contributed by atoms with van der Waals surface area (Å²) in [6, 6.07) is 10.4. The van der Waals surface area contributed by atoms with Crippen LogP contribution in [0.2, 0.25) is 10.0 Å². The van der Waals surface area contributed by atoms with Crippen LogP contribution in [-0.2, 0) is 4.79 Å². The molecule has 2 rings (SSSR count). The molecule has 0 spiro atoms. The monoisotopic (exact) mass is 449 g/mol. The van der Waals surface area contributed by atoms with Crippen LogP contribution in [0.1, 0.15) is 48.4 Å². The molecule has 0 radical (unpaired) electrons. The molecule has 0 aliphatic heterocycles. The molecule has 3 N–H and O–H groups in total. The molecule has 0 aliphatic carbocycles. The van der Waals surface area contributed by atoms with E-state index in [0.29, 0.717) is 10.6 Å². The van der Waals surface area contributed by atoms with Gasteiger partial charge in [0.15, 0.2) is 0 Å². The van der Waals surface area contributed by atoms with E-state index in [9.17, 15) is 14.4 Å². The summed E-state index contributed by atoms with van der Waals surface area (Å²) in [6.07, 6.45) is 0. The summed E-state index contributed by atoms with van der Waals surface area (Å²) >= 11 is 12.3. The van der Waals surface area contributed by atoms with Gasteiger partial charge in [-0.25, -0.2) is 0 Å². The summed E-state index contributed by atoms with van der Waals surface area (Å²) < 4.78 is 0. The summed E-state index contributed by atoms with van der Waals surface area (Å²) in [5.74, 6) is -1.38. The van der Waals surface area contributed by atoms with Gasteiger partial charge in [0, 0.05) is 11.6 Å². The van der Waals surface area contributed by atoms with Gasteiger partial charge in [0.25, 0.3) is 11.8 Å². The fraction of sp³-hybridized carbons (Fsp3) is 0.318. The van der Waals surface area contributed by atoms with Crippen LogP contribution in [0.25, 0.3) is 0 Å². The minimum absolute atomic E-state index is 0.0310. The maximum atomic E-state index is 12.9. The van der Waals surface area contributed by atoms with Gasteiger partial charge in [-0.3, -0.25) is 14.4 Å². The molecule has 0 aromatic heterocycles. The third kappa shape index (κ3) is 6.21. The highest BCUT2D eigenvalue weighted by Crippen LogP contribution is 2.24. The van der Waals surface area contributed by atoms with Crippen LogP contribution in [0, 0.1) is 5.92 Å². The average Bonchev–Trinajstić information content (AvgIpc) is 2.67. The highest BCUT2D eigenvalue weighted by molar-refractivity contribution is 6.34. The van der Waals surface area contributed by atoms with Crippen molar-refractivity contribution in [1.82, 2.24) is 10.6 Å². The first-order valence-electron chi connectivity index (χ1n) is 9.56. The van der Waals surface area contributed by atoms with Crippen LogP contribution >= 0.6 is 23.2 Å². The highest BCUT2D eigenvalue weighted by Gasteiger charge is 2.26. The molecule has 160 valence electrons. The van der Waals surface area contributed by atoms with E-state index >= 15 is 0 Å². The van der Waals surface area contributed by atoms with Gasteiger partial charge in [0.2, 0.25) is 5.91 Å². The molecular weight excluding hydrogens is 425 g/mol. The van der Waals surface area contributed by atoms with E-state index in [0.717, 1.165) is 0 Å². The van der Waals surface area contributed by atoms with E-state index in [4.69, 9.17) is 23.2 Å². The molecule has 0 heterocycles. The third-order valence-corrected chi connectivity index (χ3v) is 4.92. The van der Waals surface area contributed by atoms with Gasteiger partial charge >= 0.3 is 0 Å². The lowest BCUT2D eigenvalue weighted by atomic mass is 10.0. The van der Waals surface area contributed by atoms with Gasteiger partial charge in [-0.15, -0.1) is 0 Å². The molecule has 1 atom stereocenters. The molecule has 8 heteroatoms. The molecule has 30 heavy (non-hydrogen) atoms. The fourth-order valence-corrected chi connectivity index (χ4v) is 3.10. The van der Waals surface area contributed by atoms with Gasteiger partial charge < -0.3 is 16.0 Å². The van der Waals surface area contributed by atoms with Crippen molar-refractivity contribution in [1.29, 1.82) is 0 Å². The van der Waals surface area contributed by atoms with Crippen LogP contribution in [-0.4, -0.2) is 29.8 Å². The number of amides is 3. The zero-order valence-corrected chi connectivity index (χ0v) is 18.8. The molecule has 0 aliphatic rings. The summed E-state index contributed by atoms with van der Waals surface area (Å²) in [4.78, 5) is 37.7. The van der Waals surface area contributed by atoms with Crippen molar-refractivity contribution in [3.05, 3.63) is 63.6 Å². The largest absolute Gasteiger partial charge is 0.350 e. The lowest BCUT2D eigenvalue weighted by Gasteiger charge is -2.22. The number of hydrogen-bond donors (Lipinski definition) is 3. The first-order chi connectivity index (χ1) is 14.1. The lowest BCUT2D eigenvalue weighted by Crippen LogP contribution is -2.47. The summed E-state index contributed by atoms with van der Waals surface area (Å²) in [6.45, 7) is 7.33. The fourth-order valence-electron chi connectivity index (χ4n) is 2.72. The van der Waals surface area contributed by atoms with Gasteiger partial charge in [-0.1, -0.05) is 49.2 Å². The molecule has 3 amide bonds. The van der Waals surface area contributed by atoms with Crippen LogP contribution < -0.4 is 16.0 Å². The first kappa shape index (κ1) is 23.7. The zero-order chi connectivity index (χ0) is 22.4. The maximum Gasteiger partial charge on any atom is 0.253 e. The Hall–Kier alpha value is -2.57. The van der Waals surface area contributed by atoms with Crippen molar-refractivity contribution in [3.63, 3.8) is 0 Å². The minimum atomic E-state index is -0.835. The van der Waals surface area contributed by atoms with E-state index in [-0.39, 0.29) is 34.1 Å². The van der Waals surface area contributed by atoms with Crippen LogP contribution in [0.3, 0.4) is 0 Å². The molecule has 6 nitrogen and oxygen atoms in total. The van der Waals surface area contributed by atoms with Crippen molar-refractivity contribution in [2.45, 2.75) is 39.8 Å². The molecule has 0 fully saturated rings. The predicted molar refractivity (Wildman–Crippen MR) is 120 cm³/mol. The maximum absolute atomic E-state index is 12.9. The van der Waals surface area contributed by atoms with E-state index in [1.165, 1.54) is 6.07 Å². The van der Waals surface area contributed by atoms with E-state index in [2.05, 4.69) is 16.0 Å². The highest BCUT2D eigenvalue weighted by atomic mass is 35.5. The molecule has 1 unspecified atom stereocenters.